The second-order valence-corrected chi connectivity index (χ2v) is 9.39. The third kappa shape index (κ3) is 2.93. The van der Waals surface area contributed by atoms with E-state index >= 15 is 0 Å². The van der Waals surface area contributed by atoms with Crippen LogP contribution in [0.4, 0.5) is 4.39 Å². The number of aliphatic hydroxyl groups is 1. The lowest BCUT2D eigenvalue weighted by Crippen LogP contribution is -2.51. The van der Waals surface area contributed by atoms with Crippen molar-refractivity contribution < 1.29 is 19.1 Å². The molecule has 0 aromatic heterocycles. The molecule has 1 N–H and O–H groups in total. The van der Waals surface area contributed by atoms with Gasteiger partial charge in [-0.3, -0.25) is 9.59 Å². The summed E-state index contributed by atoms with van der Waals surface area (Å²) >= 11 is 0. The molecule has 156 valence electrons. The topological polar surface area (TPSA) is 60.9 Å². The van der Waals surface area contributed by atoms with Gasteiger partial charge in [-0.2, -0.15) is 0 Å². The van der Waals surface area contributed by atoms with Crippen molar-refractivity contribution in [1.82, 2.24) is 9.80 Å². The van der Waals surface area contributed by atoms with Crippen molar-refractivity contribution in [1.29, 1.82) is 0 Å². The molecule has 1 aliphatic carbocycles. The predicted octanol–water partition coefficient (Wildman–Crippen LogP) is 3.58. The maximum Gasteiger partial charge on any atom is 0.255 e. The second-order valence-electron chi connectivity index (χ2n) is 9.39. The first kappa shape index (κ1) is 19.2. The van der Waals surface area contributed by atoms with E-state index in [0.29, 0.717) is 35.3 Å². The fourth-order valence-corrected chi connectivity index (χ4v) is 5.15. The molecule has 0 spiro atoms. The van der Waals surface area contributed by atoms with Crippen molar-refractivity contribution in [2.75, 3.05) is 7.05 Å². The van der Waals surface area contributed by atoms with Crippen LogP contribution in [0, 0.1) is 11.7 Å². The molecule has 2 heterocycles. The third-order valence-electron chi connectivity index (χ3n) is 6.53. The summed E-state index contributed by atoms with van der Waals surface area (Å²) in [5.74, 6) is -0.301. The zero-order valence-corrected chi connectivity index (χ0v) is 17.4. The summed E-state index contributed by atoms with van der Waals surface area (Å²) in [4.78, 5) is 29.0. The summed E-state index contributed by atoms with van der Waals surface area (Å²) in [5.41, 5.74) is 2.94. The predicted molar refractivity (Wildman–Crippen MR) is 110 cm³/mol. The maximum atomic E-state index is 14.5. The first-order valence-corrected chi connectivity index (χ1v) is 10.4. The number of hydrogen-bond acceptors (Lipinski definition) is 3. The van der Waals surface area contributed by atoms with Gasteiger partial charge in [0, 0.05) is 25.7 Å². The summed E-state index contributed by atoms with van der Waals surface area (Å²) in [7, 11) is 1.75. The average molecular weight is 408 g/mol. The van der Waals surface area contributed by atoms with Gasteiger partial charge in [-0.1, -0.05) is 6.07 Å². The van der Waals surface area contributed by atoms with E-state index in [4.69, 9.17) is 0 Å². The molecule has 3 aliphatic rings. The number of hydrogen-bond donors (Lipinski definition) is 1. The van der Waals surface area contributed by atoms with Crippen molar-refractivity contribution >= 4 is 11.8 Å². The Balaban J connectivity index is 1.58. The van der Waals surface area contributed by atoms with Crippen molar-refractivity contribution in [2.24, 2.45) is 5.92 Å². The quantitative estimate of drug-likeness (QED) is 0.841. The Bertz CT molecular complexity index is 1080. The van der Waals surface area contributed by atoms with Crippen LogP contribution >= 0.6 is 0 Å². The van der Waals surface area contributed by atoms with E-state index in [1.807, 2.05) is 6.07 Å². The Morgan fingerprint density at radius 2 is 1.77 bits per heavy atom. The first-order valence-electron chi connectivity index (χ1n) is 10.4. The highest BCUT2D eigenvalue weighted by molar-refractivity contribution is 6.05. The number of amides is 2. The normalized spacial score (nSPS) is 19.4. The van der Waals surface area contributed by atoms with Gasteiger partial charge in [0.2, 0.25) is 0 Å². The van der Waals surface area contributed by atoms with Gasteiger partial charge in [-0.05, 0) is 79.1 Å². The number of carbonyl (C=O) groups is 2. The fraction of sp³-hybridized carbons (Fsp3) is 0.417. The molecule has 0 unspecified atom stereocenters. The van der Waals surface area contributed by atoms with Crippen LogP contribution < -0.4 is 0 Å². The van der Waals surface area contributed by atoms with Crippen LogP contribution in [0.15, 0.2) is 30.3 Å². The summed E-state index contributed by atoms with van der Waals surface area (Å²) in [5, 5.41) is 10.7. The Morgan fingerprint density at radius 3 is 2.43 bits per heavy atom. The molecule has 6 heteroatoms. The molecule has 2 aromatic carbocycles. The van der Waals surface area contributed by atoms with E-state index in [1.54, 1.807) is 42.8 Å². The molecule has 1 fully saturated rings. The van der Waals surface area contributed by atoms with Gasteiger partial charge in [0.1, 0.15) is 5.82 Å². The molecule has 2 aromatic rings. The first-order chi connectivity index (χ1) is 14.1. The fourth-order valence-electron chi connectivity index (χ4n) is 5.15. The van der Waals surface area contributed by atoms with Gasteiger partial charge in [0.15, 0.2) is 0 Å². The molecular weight excluding hydrogens is 383 g/mol. The number of halogens is 1. The smallest absolute Gasteiger partial charge is 0.255 e. The third-order valence-corrected chi connectivity index (χ3v) is 6.53. The molecule has 0 radical (unpaired) electrons. The van der Waals surface area contributed by atoms with Gasteiger partial charge in [0.05, 0.1) is 17.2 Å². The lowest BCUT2D eigenvalue weighted by atomic mass is 9.92. The minimum Gasteiger partial charge on any atom is -0.388 e. The van der Waals surface area contributed by atoms with Crippen LogP contribution in [0.1, 0.15) is 58.5 Å². The summed E-state index contributed by atoms with van der Waals surface area (Å²) in [6, 6.07) is 7.97. The molecule has 30 heavy (non-hydrogen) atoms. The molecular formula is C24H25FN2O3. The maximum absolute atomic E-state index is 14.5. The van der Waals surface area contributed by atoms with Gasteiger partial charge in [-0.25, -0.2) is 4.39 Å². The minimum absolute atomic E-state index is 0.0271. The largest absolute Gasteiger partial charge is 0.388 e. The monoisotopic (exact) mass is 408 g/mol. The lowest BCUT2D eigenvalue weighted by molar-refractivity contribution is -0.0224. The van der Waals surface area contributed by atoms with Gasteiger partial charge < -0.3 is 14.9 Å². The molecule has 1 saturated carbocycles. The van der Waals surface area contributed by atoms with E-state index in [0.717, 1.165) is 24.0 Å². The lowest BCUT2D eigenvalue weighted by Gasteiger charge is -2.37. The Labute approximate surface area is 175 Å². The zero-order chi connectivity index (χ0) is 21.4. The van der Waals surface area contributed by atoms with Crippen molar-refractivity contribution in [3.8, 4) is 11.1 Å². The molecule has 0 saturated heterocycles. The number of rotatable bonds is 4. The van der Waals surface area contributed by atoms with E-state index in [2.05, 4.69) is 0 Å². The zero-order valence-electron chi connectivity index (χ0n) is 17.4. The molecule has 2 amide bonds. The minimum atomic E-state index is -1.03. The van der Waals surface area contributed by atoms with Crippen molar-refractivity contribution in [3.63, 3.8) is 0 Å². The summed E-state index contributed by atoms with van der Waals surface area (Å²) in [6.45, 7) is 4.28. The van der Waals surface area contributed by atoms with Gasteiger partial charge >= 0.3 is 0 Å². The Hall–Kier alpha value is -2.73. The van der Waals surface area contributed by atoms with Crippen molar-refractivity contribution in [3.05, 3.63) is 58.4 Å². The van der Waals surface area contributed by atoms with Crippen LogP contribution in [0.3, 0.4) is 0 Å². The number of fused-ring (bicyclic) bond motifs is 2. The van der Waals surface area contributed by atoms with Crippen LogP contribution in [-0.2, 0) is 13.1 Å². The van der Waals surface area contributed by atoms with E-state index in [-0.39, 0.29) is 23.8 Å². The van der Waals surface area contributed by atoms with Gasteiger partial charge in [0.25, 0.3) is 11.8 Å². The summed E-state index contributed by atoms with van der Waals surface area (Å²) in [6.07, 6.45) is 1.98. The Morgan fingerprint density at radius 1 is 1.03 bits per heavy atom. The SMILES string of the molecule is CN1Cc2cc(-c3cc(F)cc4c3C(=O)N([C@H](C3CC3)C(C)(C)O)C4)ccc2C1=O. The average Bonchev–Trinajstić information content (AvgIpc) is 3.38. The van der Waals surface area contributed by atoms with Crippen molar-refractivity contribution in [2.45, 2.75) is 51.4 Å². The van der Waals surface area contributed by atoms with E-state index in [1.165, 1.54) is 12.1 Å². The van der Waals surface area contributed by atoms with Crippen LogP contribution in [0.2, 0.25) is 0 Å². The number of nitrogens with zero attached hydrogens (tertiary/aromatic N) is 2. The molecule has 0 bridgehead atoms. The molecule has 1 atom stereocenters. The number of benzene rings is 2. The highest BCUT2D eigenvalue weighted by Crippen LogP contribution is 2.44. The van der Waals surface area contributed by atoms with Gasteiger partial charge in [-0.15, -0.1) is 0 Å². The summed E-state index contributed by atoms with van der Waals surface area (Å²) < 4.78 is 14.5. The van der Waals surface area contributed by atoms with E-state index in [9.17, 15) is 19.1 Å². The molecule has 5 rings (SSSR count). The van der Waals surface area contributed by atoms with E-state index < -0.39 is 11.4 Å². The standard InChI is InChI=1S/C24H25FN2O3/c1-24(2,30)21(13-4-5-13)27-12-16-9-17(25)10-19(20(16)23(27)29)14-6-7-18-15(8-14)11-26(3)22(18)28/h6-10,13,21,30H,4-5,11-12H2,1-3H3/t21-/m1/s1. The Kier molecular flexibility index (Phi) is 4.09. The highest BCUT2D eigenvalue weighted by Gasteiger charge is 2.48. The highest BCUT2D eigenvalue weighted by atomic mass is 19.1. The van der Waals surface area contributed by atoms with Crippen LogP contribution in [0.5, 0.6) is 0 Å². The van der Waals surface area contributed by atoms with Crippen LogP contribution in [-0.4, -0.2) is 45.4 Å². The molecule has 5 nitrogen and oxygen atoms in total. The second kappa shape index (κ2) is 6.38. The molecule has 2 aliphatic heterocycles. The number of carbonyl (C=O) groups excluding carboxylic acids is 2. The van der Waals surface area contributed by atoms with Crippen LogP contribution in [0.25, 0.3) is 11.1 Å².